The average molecular weight is 354 g/mol. The highest BCUT2D eigenvalue weighted by molar-refractivity contribution is 5.89. The maximum absolute atomic E-state index is 11.7. The molecule has 0 amide bonds. The van der Waals surface area contributed by atoms with Gasteiger partial charge in [-0.15, -0.1) is 0 Å². The van der Waals surface area contributed by atoms with Crippen LogP contribution in [0.4, 0.5) is 0 Å². The van der Waals surface area contributed by atoms with Gasteiger partial charge in [0.05, 0.1) is 24.7 Å². The van der Waals surface area contributed by atoms with E-state index in [4.69, 9.17) is 9.47 Å². The van der Waals surface area contributed by atoms with Gasteiger partial charge in [-0.25, -0.2) is 0 Å². The molecule has 0 N–H and O–H groups in total. The highest BCUT2D eigenvalue weighted by atomic mass is 16.6. The van der Waals surface area contributed by atoms with Gasteiger partial charge in [0.25, 0.3) is 0 Å². The zero-order valence-electron chi connectivity index (χ0n) is 15.2. The molecule has 0 aromatic rings. The highest BCUT2D eigenvalue weighted by Gasteiger charge is 2.24. The number of hydrogen-bond donors (Lipinski definition) is 0. The number of hydrogen-bond acceptors (Lipinski definition) is 7. The molecule has 25 heavy (non-hydrogen) atoms. The first-order valence-corrected chi connectivity index (χ1v) is 8.10. The molecule has 7 heteroatoms. The highest BCUT2D eigenvalue weighted by Crippen LogP contribution is 2.10. The molecular weight excluding hydrogens is 328 g/mol. The predicted octanol–water partition coefficient (Wildman–Crippen LogP) is 2.35. The molecule has 0 saturated heterocycles. The summed E-state index contributed by atoms with van der Waals surface area (Å²) >= 11 is 0. The molecular formula is C18H26O7. The number of rotatable bonds is 10. The third kappa shape index (κ3) is 10.9. The zero-order valence-corrected chi connectivity index (χ0v) is 15.2. The van der Waals surface area contributed by atoms with E-state index in [1.807, 2.05) is 0 Å². The molecule has 0 fully saturated rings. The zero-order chi connectivity index (χ0) is 19.2. The van der Waals surface area contributed by atoms with Crippen LogP contribution in [0.5, 0.6) is 0 Å². The van der Waals surface area contributed by atoms with Gasteiger partial charge in [0, 0.05) is 0 Å². The second-order valence-electron chi connectivity index (χ2n) is 5.45. The van der Waals surface area contributed by atoms with Gasteiger partial charge >= 0.3 is 23.9 Å². The minimum atomic E-state index is -0.838. The first-order valence-electron chi connectivity index (χ1n) is 8.10. The van der Waals surface area contributed by atoms with Gasteiger partial charge in [0.15, 0.2) is 0 Å². The lowest BCUT2D eigenvalue weighted by molar-refractivity contribution is -0.165. The Morgan fingerprint density at radius 2 is 1.12 bits per heavy atom. The summed E-state index contributed by atoms with van der Waals surface area (Å²) in [6.07, 6.45) is 6.22. The Morgan fingerprint density at radius 3 is 1.44 bits per heavy atom. The summed E-state index contributed by atoms with van der Waals surface area (Å²) in [6.45, 7) is 6.84. The van der Waals surface area contributed by atoms with E-state index in [1.165, 1.54) is 13.8 Å². The van der Waals surface area contributed by atoms with Gasteiger partial charge in [-0.05, 0) is 13.8 Å². The minimum Gasteiger partial charge on any atom is -0.461 e. The second-order valence-corrected chi connectivity index (χ2v) is 5.45. The average Bonchev–Trinajstić information content (AvgIpc) is 2.54. The number of carbonyl (C=O) groups excluding carboxylic acids is 4. The van der Waals surface area contributed by atoms with Crippen LogP contribution in [0, 0.1) is 11.8 Å². The van der Waals surface area contributed by atoms with Crippen LogP contribution >= 0.6 is 0 Å². The van der Waals surface area contributed by atoms with Crippen LogP contribution < -0.4 is 0 Å². The van der Waals surface area contributed by atoms with Crippen molar-refractivity contribution in [1.82, 2.24) is 0 Å². The summed E-state index contributed by atoms with van der Waals surface area (Å²) in [7, 11) is 0. The van der Waals surface area contributed by atoms with Crippen LogP contribution in [0.2, 0.25) is 0 Å². The second kappa shape index (κ2) is 12.9. The van der Waals surface area contributed by atoms with Crippen molar-refractivity contribution in [1.29, 1.82) is 0 Å². The molecule has 2 unspecified atom stereocenters. The van der Waals surface area contributed by atoms with Gasteiger partial charge in [0.1, 0.15) is 13.2 Å². The molecule has 7 nitrogen and oxygen atoms in total. The smallest absolute Gasteiger partial charge is 0.314 e. The lowest BCUT2D eigenvalue weighted by atomic mass is 10.1. The third-order valence-electron chi connectivity index (χ3n) is 3.09. The number of allylic oxidation sites excluding steroid dienone is 2. The fraction of sp³-hybridized carbons (Fsp3) is 0.556. The van der Waals surface area contributed by atoms with Crippen LogP contribution in [0.1, 0.15) is 40.5 Å². The maximum Gasteiger partial charge on any atom is 0.314 e. The molecule has 0 rings (SSSR count). The Kier molecular flexibility index (Phi) is 11.7. The summed E-state index contributed by atoms with van der Waals surface area (Å²) in [4.78, 5) is 46.6. The fourth-order valence-corrected chi connectivity index (χ4v) is 1.61. The lowest BCUT2D eigenvalue weighted by Crippen LogP contribution is -2.24. The summed E-state index contributed by atoms with van der Waals surface area (Å²) in [6, 6.07) is 0. The Balaban J connectivity index is 4.21. The van der Waals surface area contributed by atoms with Crippen molar-refractivity contribution < 1.29 is 33.4 Å². The van der Waals surface area contributed by atoms with Crippen molar-refractivity contribution in [2.24, 2.45) is 11.8 Å². The van der Waals surface area contributed by atoms with Crippen molar-refractivity contribution in [2.75, 3.05) is 13.2 Å². The quantitative estimate of drug-likeness (QED) is 0.257. The van der Waals surface area contributed by atoms with E-state index in [0.29, 0.717) is 0 Å². The monoisotopic (exact) mass is 354 g/mol. The molecule has 0 aliphatic heterocycles. The van der Waals surface area contributed by atoms with E-state index < -0.39 is 35.7 Å². The number of esters is 4. The van der Waals surface area contributed by atoms with Crippen molar-refractivity contribution in [3.8, 4) is 0 Å². The predicted molar refractivity (Wildman–Crippen MR) is 90.2 cm³/mol. The molecule has 0 aromatic carbocycles. The van der Waals surface area contributed by atoms with Crippen LogP contribution in [-0.4, -0.2) is 37.1 Å². The largest absolute Gasteiger partial charge is 0.461 e. The summed E-state index contributed by atoms with van der Waals surface area (Å²) < 4.78 is 14.4. The van der Waals surface area contributed by atoms with Crippen molar-refractivity contribution in [3.05, 3.63) is 24.3 Å². The van der Waals surface area contributed by atoms with E-state index in [0.717, 1.165) is 0 Å². The normalized spacial score (nSPS) is 13.4. The minimum absolute atomic E-state index is 0.125. The fourth-order valence-electron chi connectivity index (χ4n) is 1.61. The van der Waals surface area contributed by atoms with Gasteiger partial charge in [-0.2, -0.15) is 0 Å². The number of ether oxygens (including phenoxy) is 3. The van der Waals surface area contributed by atoms with Crippen LogP contribution in [0.25, 0.3) is 0 Å². The first-order chi connectivity index (χ1) is 11.8. The van der Waals surface area contributed by atoms with E-state index in [9.17, 15) is 19.2 Å². The standard InChI is InChI=1S/C18H26O7/c1-5-7-9-23-17(21)13(3)11-15(19)25-16(20)12-14(4)18(22)24-10-8-6-2/h5-8,13-14H,9-12H2,1-4H3. The van der Waals surface area contributed by atoms with Crippen molar-refractivity contribution in [3.63, 3.8) is 0 Å². The SMILES string of the molecule is CC=CCOC(=O)C(C)CC(=O)OC(=O)CC(C)C(=O)OCC=CC. The molecule has 2 atom stereocenters. The molecule has 0 aromatic heterocycles. The maximum atomic E-state index is 11.7. The van der Waals surface area contributed by atoms with E-state index in [-0.39, 0.29) is 26.1 Å². The van der Waals surface area contributed by atoms with E-state index in [1.54, 1.807) is 38.2 Å². The molecule has 0 aliphatic rings. The lowest BCUT2D eigenvalue weighted by Gasteiger charge is -2.11. The third-order valence-corrected chi connectivity index (χ3v) is 3.09. The molecule has 140 valence electrons. The first kappa shape index (κ1) is 22.6. The van der Waals surface area contributed by atoms with Crippen LogP contribution in [-0.2, 0) is 33.4 Å². The van der Waals surface area contributed by atoms with E-state index in [2.05, 4.69) is 4.74 Å². The summed E-state index contributed by atoms with van der Waals surface area (Å²) in [5.41, 5.74) is 0. The number of carbonyl (C=O) groups is 4. The van der Waals surface area contributed by atoms with Gasteiger partial charge in [0.2, 0.25) is 0 Å². The molecule has 0 radical (unpaired) electrons. The van der Waals surface area contributed by atoms with Gasteiger partial charge < -0.3 is 14.2 Å². The summed E-state index contributed by atoms with van der Waals surface area (Å²) in [5.74, 6) is -4.24. The van der Waals surface area contributed by atoms with Gasteiger partial charge in [-0.3, -0.25) is 19.2 Å². The van der Waals surface area contributed by atoms with Crippen LogP contribution in [0.3, 0.4) is 0 Å². The molecule has 0 heterocycles. The topological polar surface area (TPSA) is 96.0 Å². The molecule has 0 aliphatic carbocycles. The van der Waals surface area contributed by atoms with Crippen molar-refractivity contribution in [2.45, 2.75) is 40.5 Å². The van der Waals surface area contributed by atoms with Gasteiger partial charge in [-0.1, -0.05) is 38.2 Å². The Hall–Kier alpha value is -2.44. The van der Waals surface area contributed by atoms with Crippen molar-refractivity contribution >= 4 is 23.9 Å². The Labute approximate surface area is 148 Å². The molecule has 0 saturated carbocycles. The van der Waals surface area contributed by atoms with E-state index >= 15 is 0 Å². The Bertz CT molecular complexity index is 474. The Morgan fingerprint density at radius 1 is 0.760 bits per heavy atom. The summed E-state index contributed by atoms with van der Waals surface area (Å²) in [5, 5.41) is 0. The molecule has 0 spiro atoms. The van der Waals surface area contributed by atoms with Crippen LogP contribution in [0.15, 0.2) is 24.3 Å². The molecule has 0 bridgehead atoms.